The number of benzene rings is 1. The number of alkyl halides is 3. The molecule has 1 aromatic carbocycles. The third-order valence-electron chi connectivity index (χ3n) is 4.10. The van der Waals surface area contributed by atoms with Crippen LogP contribution in [0.1, 0.15) is 24.0 Å². The number of piperidine rings is 1. The van der Waals surface area contributed by atoms with Crippen LogP contribution in [0.15, 0.2) is 24.3 Å². The second-order valence-corrected chi connectivity index (χ2v) is 5.82. The number of hydrogen-bond acceptors (Lipinski definition) is 3. The summed E-state index contributed by atoms with van der Waals surface area (Å²) < 4.78 is 38.6. The number of nitrogens with one attached hydrogen (secondary N) is 1. The van der Waals surface area contributed by atoms with Crippen LogP contribution in [0.25, 0.3) is 0 Å². The molecular weight excluding hydrogens is 293 g/mol. The lowest BCUT2D eigenvalue weighted by Gasteiger charge is -2.31. The van der Waals surface area contributed by atoms with E-state index in [9.17, 15) is 18.3 Å². The van der Waals surface area contributed by atoms with Crippen LogP contribution in [0.2, 0.25) is 0 Å². The Morgan fingerprint density at radius 3 is 2.77 bits per heavy atom. The van der Waals surface area contributed by atoms with Crippen molar-refractivity contribution >= 4 is 0 Å². The Hall–Kier alpha value is -1.11. The van der Waals surface area contributed by atoms with Gasteiger partial charge in [-0.3, -0.25) is 0 Å². The van der Waals surface area contributed by atoms with Crippen molar-refractivity contribution in [2.24, 2.45) is 5.92 Å². The largest absolute Gasteiger partial charge is 0.416 e. The van der Waals surface area contributed by atoms with E-state index < -0.39 is 11.7 Å². The maximum atomic E-state index is 12.9. The Bertz CT molecular complexity index is 465. The van der Waals surface area contributed by atoms with Crippen LogP contribution in [0.4, 0.5) is 13.2 Å². The fourth-order valence-electron chi connectivity index (χ4n) is 2.91. The molecule has 1 atom stereocenters. The van der Waals surface area contributed by atoms with Gasteiger partial charge in [0.15, 0.2) is 0 Å². The van der Waals surface area contributed by atoms with Crippen molar-refractivity contribution in [3.05, 3.63) is 35.4 Å². The van der Waals surface area contributed by atoms with Gasteiger partial charge in [0.05, 0.1) is 5.56 Å². The molecule has 0 amide bonds. The van der Waals surface area contributed by atoms with E-state index >= 15 is 0 Å². The number of hydrogen-bond donors (Lipinski definition) is 2. The van der Waals surface area contributed by atoms with Gasteiger partial charge >= 0.3 is 6.18 Å². The minimum Gasteiger partial charge on any atom is -0.396 e. The Morgan fingerprint density at radius 2 is 2.05 bits per heavy atom. The molecule has 22 heavy (non-hydrogen) atoms. The highest BCUT2D eigenvalue weighted by molar-refractivity contribution is 5.29. The zero-order chi connectivity index (χ0) is 16.0. The summed E-state index contributed by atoms with van der Waals surface area (Å²) in [5.74, 6) is 0.333. The SMILES string of the molecule is OCC1CCCN(CCNCc2ccccc2C(F)(F)F)C1. The van der Waals surface area contributed by atoms with Crippen molar-refractivity contribution in [2.45, 2.75) is 25.6 Å². The van der Waals surface area contributed by atoms with E-state index in [1.54, 1.807) is 6.07 Å². The highest BCUT2D eigenvalue weighted by Crippen LogP contribution is 2.31. The molecule has 2 rings (SSSR count). The van der Waals surface area contributed by atoms with Gasteiger partial charge in [0.25, 0.3) is 0 Å². The van der Waals surface area contributed by atoms with Gasteiger partial charge in [-0.2, -0.15) is 13.2 Å². The molecule has 1 aliphatic rings. The van der Waals surface area contributed by atoms with E-state index in [1.165, 1.54) is 12.1 Å². The van der Waals surface area contributed by atoms with Crippen LogP contribution in [0.3, 0.4) is 0 Å². The van der Waals surface area contributed by atoms with Crippen LogP contribution in [-0.4, -0.2) is 42.8 Å². The predicted molar refractivity (Wildman–Crippen MR) is 79.4 cm³/mol. The van der Waals surface area contributed by atoms with Gasteiger partial charge < -0.3 is 15.3 Å². The molecular formula is C16H23F3N2O. The predicted octanol–water partition coefficient (Wildman–Crippen LogP) is 2.50. The number of aliphatic hydroxyl groups excluding tert-OH is 1. The molecule has 6 heteroatoms. The summed E-state index contributed by atoms with van der Waals surface area (Å²) in [6.45, 7) is 3.74. The smallest absolute Gasteiger partial charge is 0.396 e. The van der Waals surface area contributed by atoms with Gasteiger partial charge in [-0.25, -0.2) is 0 Å². The van der Waals surface area contributed by atoms with Gasteiger partial charge in [0.1, 0.15) is 0 Å². The van der Waals surface area contributed by atoms with Crippen LogP contribution in [0, 0.1) is 5.92 Å². The summed E-state index contributed by atoms with van der Waals surface area (Å²) in [5, 5.41) is 12.3. The van der Waals surface area contributed by atoms with Crippen LogP contribution < -0.4 is 5.32 Å². The lowest BCUT2D eigenvalue weighted by Crippen LogP contribution is -2.40. The minimum atomic E-state index is -4.31. The van der Waals surface area contributed by atoms with E-state index in [-0.39, 0.29) is 18.7 Å². The highest BCUT2D eigenvalue weighted by atomic mass is 19.4. The molecule has 1 fully saturated rings. The molecule has 3 nitrogen and oxygen atoms in total. The van der Waals surface area contributed by atoms with Crippen molar-refractivity contribution in [3.63, 3.8) is 0 Å². The van der Waals surface area contributed by atoms with E-state index in [2.05, 4.69) is 10.2 Å². The standard InChI is InChI=1S/C16H23F3N2O/c17-16(18,19)15-6-2-1-5-14(15)10-20-7-9-21-8-3-4-13(11-21)12-22/h1-2,5-6,13,20,22H,3-4,7-12H2. The molecule has 1 aromatic rings. The number of halogens is 3. The minimum absolute atomic E-state index is 0.211. The molecule has 1 saturated heterocycles. The molecule has 0 bridgehead atoms. The first-order chi connectivity index (χ1) is 10.5. The zero-order valence-corrected chi connectivity index (χ0v) is 12.6. The Morgan fingerprint density at radius 1 is 1.27 bits per heavy atom. The van der Waals surface area contributed by atoms with Gasteiger partial charge in [-0.1, -0.05) is 18.2 Å². The second-order valence-electron chi connectivity index (χ2n) is 5.82. The maximum absolute atomic E-state index is 12.9. The molecule has 124 valence electrons. The molecule has 1 heterocycles. The number of aliphatic hydroxyl groups is 1. The van der Waals surface area contributed by atoms with Gasteiger partial charge in [0.2, 0.25) is 0 Å². The normalized spacial score (nSPS) is 20.3. The summed E-state index contributed by atoms with van der Waals surface area (Å²) >= 11 is 0. The first-order valence-corrected chi connectivity index (χ1v) is 7.69. The monoisotopic (exact) mass is 316 g/mol. The number of likely N-dealkylation sites (tertiary alicyclic amines) is 1. The van der Waals surface area contributed by atoms with Crippen molar-refractivity contribution in [1.29, 1.82) is 0 Å². The van der Waals surface area contributed by atoms with Crippen molar-refractivity contribution in [1.82, 2.24) is 10.2 Å². The summed E-state index contributed by atoms with van der Waals surface area (Å²) in [6.07, 6.45) is -2.18. The van der Waals surface area contributed by atoms with Crippen molar-refractivity contribution in [2.75, 3.05) is 32.8 Å². The lowest BCUT2D eigenvalue weighted by atomic mass is 9.99. The van der Waals surface area contributed by atoms with E-state index in [0.717, 1.165) is 38.5 Å². The summed E-state index contributed by atoms with van der Waals surface area (Å²) in [4.78, 5) is 2.26. The van der Waals surface area contributed by atoms with Gasteiger partial charge in [-0.15, -0.1) is 0 Å². The molecule has 0 spiro atoms. The second kappa shape index (κ2) is 7.94. The average molecular weight is 316 g/mol. The molecule has 0 aliphatic carbocycles. The van der Waals surface area contributed by atoms with Crippen LogP contribution >= 0.6 is 0 Å². The fraction of sp³-hybridized carbons (Fsp3) is 0.625. The molecule has 1 aliphatic heterocycles. The van der Waals surface area contributed by atoms with Crippen molar-refractivity contribution < 1.29 is 18.3 Å². The topological polar surface area (TPSA) is 35.5 Å². The molecule has 0 radical (unpaired) electrons. The van der Waals surface area contributed by atoms with E-state index in [0.29, 0.717) is 12.5 Å². The zero-order valence-electron chi connectivity index (χ0n) is 12.6. The Labute approximate surface area is 129 Å². The summed E-state index contributed by atoms with van der Waals surface area (Å²) in [6, 6.07) is 5.67. The van der Waals surface area contributed by atoms with Gasteiger partial charge in [-0.05, 0) is 36.9 Å². The Balaban J connectivity index is 1.77. The van der Waals surface area contributed by atoms with E-state index in [4.69, 9.17) is 0 Å². The maximum Gasteiger partial charge on any atom is 0.416 e. The van der Waals surface area contributed by atoms with E-state index in [1.807, 2.05) is 0 Å². The Kier molecular flexibility index (Phi) is 6.23. The third-order valence-corrected chi connectivity index (χ3v) is 4.10. The van der Waals surface area contributed by atoms with Crippen LogP contribution in [0.5, 0.6) is 0 Å². The summed E-state index contributed by atoms with van der Waals surface area (Å²) in [5.41, 5.74) is -0.289. The fourth-order valence-corrected chi connectivity index (χ4v) is 2.91. The summed E-state index contributed by atoms with van der Waals surface area (Å²) in [7, 11) is 0. The molecule has 2 N–H and O–H groups in total. The average Bonchev–Trinajstić information content (AvgIpc) is 2.51. The molecule has 1 unspecified atom stereocenters. The number of rotatable bonds is 6. The number of nitrogens with zero attached hydrogens (tertiary/aromatic N) is 1. The lowest BCUT2D eigenvalue weighted by molar-refractivity contribution is -0.138. The highest BCUT2D eigenvalue weighted by Gasteiger charge is 2.32. The van der Waals surface area contributed by atoms with Gasteiger partial charge in [0, 0.05) is 32.8 Å². The first-order valence-electron chi connectivity index (χ1n) is 7.69. The van der Waals surface area contributed by atoms with Crippen molar-refractivity contribution in [3.8, 4) is 0 Å². The first kappa shape index (κ1) is 17.2. The molecule has 0 aromatic heterocycles. The quantitative estimate of drug-likeness (QED) is 0.792. The third kappa shape index (κ3) is 4.97. The molecule has 0 saturated carbocycles. The van der Waals surface area contributed by atoms with Crippen LogP contribution in [-0.2, 0) is 12.7 Å².